The number of rotatable bonds is 6. The molecule has 0 aliphatic rings. The molecule has 4 heteroatoms. The average Bonchev–Trinajstić information content (AvgIpc) is 2.84. The Bertz CT molecular complexity index is 709. The third kappa shape index (κ3) is 3.38. The van der Waals surface area contributed by atoms with Gasteiger partial charge in [0.25, 0.3) is 0 Å². The highest BCUT2D eigenvalue weighted by Gasteiger charge is 2.11. The molecule has 1 N–H and O–H groups in total. The second-order valence-corrected chi connectivity index (χ2v) is 5.03. The Morgan fingerprint density at radius 3 is 2.62 bits per heavy atom. The highest BCUT2D eigenvalue weighted by Crippen LogP contribution is 2.29. The van der Waals surface area contributed by atoms with Crippen LogP contribution < -0.4 is 10.1 Å². The molecule has 3 nitrogen and oxygen atoms in total. The molecule has 0 radical (unpaired) electrons. The standard InChI is InChI=1S/C17H16ClNO2/c18-17-15(14-8-4-5-9-16(14)21-17)12-19-10-11-20-13-6-2-1-3-7-13/h1-9,19H,10-12H2. The van der Waals surface area contributed by atoms with Crippen LogP contribution in [0.4, 0.5) is 0 Å². The van der Waals surface area contributed by atoms with Crippen LogP contribution >= 0.6 is 11.6 Å². The number of ether oxygens (including phenoxy) is 1. The van der Waals surface area contributed by atoms with Gasteiger partial charge < -0.3 is 14.5 Å². The molecule has 3 aromatic rings. The van der Waals surface area contributed by atoms with Gasteiger partial charge in [0.1, 0.15) is 17.9 Å². The summed E-state index contributed by atoms with van der Waals surface area (Å²) in [5.74, 6) is 0.881. The smallest absolute Gasteiger partial charge is 0.199 e. The zero-order valence-electron chi connectivity index (χ0n) is 11.5. The lowest BCUT2D eigenvalue weighted by Crippen LogP contribution is -2.20. The zero-order chi connectivity index (χ0) is 14.5. The van der Waals surface area contributed by atoms with Crippen LogP contribution in [0.5, 0.6) is 5.75 Å². The fourth-order valence-electron chi connectivity index (χ4n) is 2.20. The lowest BCUT2D eigenvalue weighted by Gasteiger charge is -2.07. The van der Waals surface area contributed by atoms with Crippen molar-refractivity contribution in [2.75, 3.05) is 13.2 Å². The Labute approximate surface area is 128 Å². The Kier molecular flexibility index (Phi) is 4.43. The number of hydrogen-bond donors (Lipinski definition) is 1. The Morgan fingerprint density at radius 2 is 1.76 bits per heavy atom. The minimum atomic E-state index is 0.452. The predicted octanol–water partition coefficient (Wildman–Crippen LogP) is 4.25. The largest absolute Gasteiger partial charge is 0.492 e. The predicted molar refractivity (Wildman–Crippen MR) is 84.9 cm³/mol. The van der Waals surface area contributed by atoms with Gasteiger partial charge in [-0.15, -0.1) is 0 Å². The first-order valence-electron chi connectivity index (χ1n) is 6.89. The van der Waals surface area contributed by atoms with Crippen molar-refractivity contribution in [2.24, 2.45) is 0 Å². The summed E-state index contributed by atoms with van der Waals surface area (Å²) in [7, 11) is 0. The molecule has 21 heavy (non-hydrogen) atoms. The number of fused-ring (bicyclic) bond motifs is 1. The van der Waals surface area contributed by atoms with E-state index in [1.807, 2.05) is 54.6 Å². The Morgan fingerprint density at radius 1 is 1.00 bits per heavy atom. The van der Waals surface area contributed by atoms with Crippen molar-refractivity contribution in [2.45, 2.75) is 6.54 Å². The van der Waals surface area contributed by atoms with Crippen molar-refractivity contribution in [3.05, 3.63) is 65.4 Å². The second-order valence-electron chi connectivity index (χ2n) is 4.69. The summed E-state index contributed by atoms with van der Waals surface area (Å²) in [6.45, 7) is 2.01. The van der Waals surface area contributed by atoms with Gasteiger partial charge in [-0.05, 0) is 29.8 Å². The third-order valence-corrected chi connectivity index (χ3v) is 3.55. The van der Waals surface area contributed by atoms with Gasteiger partial charge in [0.05, 0.1) is 0 Å². The summed E-state index contributed by atoms with van der Waals surface area (Å²) < 4.78 is 11.1. The van der Waals surface area contributed by atoms with E-state index >= 15 is 0 Å². The second kappa shape index (κ2) is 6.66. The van der Waals surface area contributed by atoms with Crippen LogP contribution in [0.3, 0.4) is 0 Å². The summed E-state index contributed by atoms with van der Waals surface area (Å²) >= 11 is 6.14. The van der Waals surface area contributed by atoms with Crippen LogP contribution in [0.2, 0.25) is 5.22 Å². The molecule has 0 amide bonds. The maximum Gasteiger partial charge on any atom is 0.199 e. The van der Waals surface area contributed by atoms with E-state index < -0.39 is 0 Å². The van der Waals surface area contributed by atoms with E-state index in [9.17, 15) is 0 Å². The van der Waals surface area contributed by atoms with Gasteiger partial charge in [0.2, 0.25) is 0 Å². The van der Waals surface area contributed by atoms with Crippen molar-refractivity contribution in [1.82, 2.24) is 5.32 Å². The number of benzene rings is 2. The quantitative estimate of drug-likeness (QED) is 0.691. The van der Waals surface area contributed by atoms with Crippen molar-refractivity contribution < 1.29 is 9.15 Å². The fraction of sp³-hybridized carbons (Fsp3) is 0.176. The SMILES string of the molecule is Clc1oc2ccccc2c1CNCCOc1ccccc1. The minimum absolute atomic E-state index is 0.452. The van der Waals surface area contributed by atoms with Crippen LogP contribution in [-0.4, -0.2) is 13.2 Å². The van der Waals surface area contributed by atoms with E-state index in [1.165, 1.54) is 0 Å². The first-order valence-corrected chi connectivity index (χ1v) is 7.27. The molecule has 3 rings (SSSR count). The highest BCUT2D eigenvalue weighted by atomic mass is 35.5. The Balaban J connectivity index is 1.52. The van der Waals surface area contributed by atoms with Crippen LogP contribution in [0.1, 0.15) is 5.56 Å². The molecule has 0 fully saturated rings. The van der Waals surface area contributed by atoms with Crippen LogP contribution in [0, 0.1) is 0 Å². The molecule has 0 spiro atoms. The molecule has 0 saturated carbocycles. The van der Waals surface area contributed by atoms with Gasteiger partial charge in [-0.2, -0.15) is 0 Å². The summed E-state index contributed by atoms with van der Waals surface area (Å²) in [5, 5.41) is 4.83. The van der Waals surface area contributed by atoms with Gasteiger partial charge in [0, 0.05) is 24.0 Å². The fourth-order valence-corrected chi connectivity index (χ4v) is 2.46. The van der Waals surface area contributed by atoms with Gasteiger partial charge in [-0.25, -0.2) is 0 Å². The molecule has 0 bridgehead atoms. The van der Waals surface area contributed by atoms with E-state index in [-0.39, 0.29) is 0 Å². The van der Waals surface area contributed by atoms with Crippen molar-refractivity contribution in [1.29, 1.82) is 0 Å². The minimum Gasteiger partial charge on any atom is -0.492 e. The van der Waals surface area contributed by atoms with E-state index in [0.29, 0.717) is 18.4 Å². The van der Waals surface area contributed by atoms with Crippen LogP contribution in [0.15, 0.2) is 59.0 Å². The number of halogens is 1. The van der Waals surface area contributed by atoms with Gasteiger partial charge >= 0.3 is 0 Å². The monoisotopic (exact) mass is 301 g/mol. The molecule has 0 saturated heterocycles. The molecular formula is C17H16ClNO2. The molecule has 2 aromatic carbocycles. The molecule has 0 unspecified atom stereocenters. The van der Waals surface area contributed by atoms with E-state index in [2.05, 4.69) is 5.32 Å². The molecular weight excluding hydrogens is 286 g/mol. The molecule has 108 valence electrons. The Hall–Kier alpha value is -1.97. The lowest BCUT2D eigenvalue weighted by molar-refractivity contribution is 0.313. The van der Waals surface area contributed by atoms with Gasteiger partial charge in [-0.3, -0.25) is 0 Å². The van der Waals surface area contributed by atoms with Crippen molar-refractivity contribution >= 4 is 22.6 Å². The third-order valence-electron chi connectivity index (χ3n) is 3.24. The van der Waals surface area contributed by atoms with Crippen molar-refractivity contribution in [3.8, 4) is 5.75 Å². The number of furan rings is 1. The normalized spacial score (nSPS) is 10.9. The topological polar surface area (TPSA) is 34.4 Å². The van der Waals surface area contributed by atoms with E-state index in [1.54, 1.807) is 0 Å². The van der Waals surface area contributed by atoms with E-state index in [0.717, 1.165) is 28.8 Å². The maximum atomic E-state index is 6.14. The molecule has 1 heterocycles. The van der Waals surface area contributed by atoms with Crippen LogP contribution in [-0.2, 0) is 6.54 Å². The maximum absolute atomic E-state index is 6.14. The summed E-state index contributed by atoms with van der Waals surface area (Å²) in [6.07, 6.45) is 0. The number of para-hydroxylation sites is 2. The molecule has 0 aliphatic carbocycles. The van der Waals surface area contributed by atoms with Crippen LogP contribution in [0.25, 0.3) is 11.0 Å². The number of hydrogen-bond acceptors (Lipinski definition) is 3. The van der Waals surface area contributed by atoms with Crippen molar-refractivity contribution in [3.63, 3.8) is 0 Å². The average molecular weight is 302 g/mol. The number of nitrogens with one attached hydrogen (secondary N) is 1. The van der Waals surface area contributed by atoms with E-state index in [4.69, 9.17) is 20.8 Å². The first kappa shape index (κ1) is 14.0. The highest BCUT2D eigenvalue weighted by molar-refractivity contribution is 6.30. The summed E-state index contributed by atoms with van der Waals surface area (Å²) in [4.78, 5) is 0. The van der Waals surface area contributed by atoms with Gasteiger partial charge in [0.15, 0.2) is 5.22 Å². The zero-order valence-corrected chi connectivity index (χ0v) is 12.3. The summed E-state index contributed by atoms with van der Waals surface area (Å²) in [5.41, 5.74) is 1.81. The first-order chi connectivity index (χ1) is 10.3. The molecule has 0 atom stereocenters. The molecule has 1 aromatic heterocycles. The van der Waals surface area contributed by atoms with Gasteiger partial charge in [-0.1, -0.05) is 36.4 Å². The summed E-state index contributed by atoms with van der Waals surface area (Å²) in [6, 6.07) is 17.6. The molecule has 0 aliphatic heterocycles. The lowest BCUT2D eigenvalue weighted by atomic mass is 10.2.